The van der Waals surface area contributed by atoms with E-state index in [-0.39, 0.29) is 5.91 Å². The number of halogens is 1. The summed E-state index contributed by atoms with van der Waals surface area (Å²) in [5.41, 5.74) is 4.82. The number of amides is 1. The maximum Gasteiger partial charge on any atom is 0.271 e. The van der Waals surface area contributed by atoms with Gasteiger partial charge in [0.2, 0.25) is 0 Å². The molecule has 1 N–H and O–H groups in total. The molecule has 0 bridgehead atoms. The predicted octanol–water partition coefficient (Wildman–Crippen LogP) is 3.89. The molecule has 0 aliphatic rings. The van der Waals surface area contributed by atoms with Crippen molar-refractivity contribution in [3.63, 3.8) is 0 Å². The number of carbonyl (C=O) groups is 1. The summed E-state index contributed by atoms with van der Waals surface area (Å²) in [5, 5.41) is 4.87. The summed E-state index contributed by atoms with van der Waals surface area (Å²) in [6, 6.07) is 14.2. The summed E-state index contributed by atoms with van der Waals surface area (Å²) in [6.45, 7) is 1.98. The van der Waals surface area contributed by atoms with Gasteiger partial charge in [-0.1, -0.05) is 30.7 Å². The average molecular weight is 317 g/mol. The highest BCUT2D eigenvalue weighted by atomic mass is 35.5. The molecule has 0 unspecified atom stereocenters. The van der Waals surface area contributed by atoms with Gasteiger partial charge in [0.25, 0.3) is 5.91 Å². The lowest BCUT2D eigenvalue weighted by molar-refractivity contribution is 0.0955. The highest BCUT2D eigenvalue weighted by molar-refractivity contribution is 6.30. The summed E-state index contributed by atoms with van der Waals surface area (Å²) in [6.07, 6.45) is 0.699. The number of carbonyl (C=O) groups excluding carboxylic acids is 1. The Bertz CT molecular complexity index is 664. The summed E-state index contributed by atoms with van der Waals surface area (Å²) in [5.74, 6) is 0.443. The number of methoxy groups -OCH3 is 1. The normalized spacial score (nSPS) is 11.1. The van der Waals surface area contributed by atoms with Crippen LogP contribution >= 0.6 is 11.6 Å². The molecule has 2 rings (SSSR count). The van der Waals surface area contributed by atoms with Crippen LogP contribution in [0.5, 0.6) is 5.75 Å². The lowest BCUT2D eigenvalue weighted by atomic mass is 10.1. The van der Waals surface area contributed by atoms with Crippen molar-refractivity contribution in [1.82, 2.24) is 5.43 Å². The minimum absolute atomic E-state index is 0.262. The molecule has 0 saturated carbocycles. The fourth-order valence-electron chi connectivity index (χ4n) is 1.92. The van der Waals surface area contributed by atoms with Crippen molar-refractivity contribution < 1.29 is 9.53 Å². The van der Waals surface area contributed by atoms with Crippen molar-refractivity contribution in [2.45, 2.75) is 13.3 Å². The molecule has 0 heterocycles. The molecule has 5 heteroatoms. The summed E-state index contributed by atoms with van der Waals surface area (Å²) in [4.78, 5) is 12.1. The van der Waals surface area contributed by atoms with Crippen molar-refractivity contribution in [2.75, 3.05) is 7.11 Å². The molecule has 4 nitrogen and oxygen atoms in total. The van der Waals surface area contributed by atoms with Gasteiger partial charge in [-0.2, -0.15) is 5.10 Å². The van der Waals surface area contributed by atoms with Crippen molar-refractivity contribution in [1.29, 1.82) is 0 Å². The number of nitrogens with one attached hydrogen (secondary N) is 1. The maximum absolute atomic E-state index is 12.1. The number of hydrogen-bond donors (Lipinski definition) is 1. The van der Waals surface area contributed by atoms with E-state index in [1.165, 1.54) is 0 Å². The van der Waals surface area contributed by atoms with Gasteiger partial charge in [-0.15, -0.1) is 0 Å². The van der Waals surface area contributed by atoms with Gasteiger partial charge < -0.3 is 4.74 Å². The number of nitrogens with zero attached hydrogens (tertiary/aromatic N) is 1. The number of benzene rings is 2. The van der Waals surface area contributed by atoms with E-state index >= 15 is 0 Å². The van der Waals surface area contributed by atoms with Crippen molar-refractivity contribution in [3.8, 4) is 5.75 Å². The van der Waals surface area contributed by atoms with Crippen LogP contribution in [-0.4, -0.2) is 18.7 Å². The van der Waals surface area contributed by atoms with Gasteiger partial charge in [0.05, 0.1) is 12.8 Å². The molecule has 0 radical (unpaired) electrons. The molecule has 0 spiro atoms. The van der Waals surface area contributed by atoms with Gasteiger partial charge in [-0.05, 0) is 48.4 Å². The van der Waals surface area contributed by atoms with Crippen molar-refractivity contribution >= 4 is 23.2 Å². The molecule has 0 saturated heterocycles. The molecule has 1 amide bonds. The molecule has 22 heavy (non-hydrogen) atoms. The number of hydrazone groups is 1. The first-order valence-electron chi connectivity index (χ1n) is 6.91. The molecule has 2 aromatic rings. The number of ether oxygens (including phenoxy) is 1. The molecule has 2 aromatic carbocycles. The van der Waals surface area contributed by atoms with Crippen LogP contribution in [-0.2, 0) is 0 Å². The first kappa shape index (κ1) is 16.0. The van der Waals surface area contributed by atoms with Gasteiger partial charge in [-0.3, -0.25) is 4.79 Å². The fourth-order valence-corrected chi connectivity index (χ4v) is 2.04. The third kappa shape index (κ3) is 4.09. The summed E-state index contributed by atoms with van der Waals surface area (Å²) in [7, 11) is 1.58. The van der Waals surface area contributed by atoms with E-state index < -0.39 is 0 Å². The Morgan fingerprint density at radius 2 is 1.68 bits per heavy atom. The van der Waals surface area contributed by atoms with Gasteiger partial charge >= 0.3 is 0 Å². The van der Waals surface area contributed by atoms with E-state index in [9.17, 15) is 4.79 Å². The Labute approximate surface area is 134 Å². The summed E-state index contributed by atoms with van der Waals surface area (Å²) >= 11 is 5.87. The third-order valence-corrected chi connectivity index (χ3v) is 3.41. The van der Waals surface area contributed by atoms with Gasteiger partial charge in [0.1, 0.15) is 5.75 Å². The zero-order valence-corrected chi connectivity index (χ0v) is 13.2. The molecule has 0 aliphatic heterocycles. The lowest BCUT2D eigenvalue weighted by Crippen LogP contribution is -2.19. The van der Waals surface area contributed by atoms with Crippen LogP contribution in [0.15, 0.2) is 53.6 Å². The van der Waals surface area contributed by atoms with E-state index in [1.54, 1.807) is 43.5 Å². The topological polar surface area (TPSA) is 50.7 Å². The van der Waals surface area contributed by atoms with Crippen molar-refractivity contribution in [2.24, 2.45) is 5.10 Å². The monoisotopic (exact) mass is 316 g/mol. The van der Waals surface area contributed by atoms with Gasteiger partial charge in [-0.25, -0.2) is 5.43 Å². The zero-order chi connectivity index (χ0) is 15.9. The third-order valence-electron chi connectivity index (χ3n) is 3.16. The number of rotatable bonds is 5. The summed E-state index contributed by atoms with van der Waals surface area (Å²) < 4.78 is 5.06. The molecule has 0 aliphatic carbocycles. The second-order valence-corrected chi connectivity index (χ2v) is 5.02. The van der Waals surface area contributed by atoms with Crippen LogP contribution in [0.1, 0.15) is 29.3 Å². The maximum atomic E-state index is 12.1. The van der Waals surface area contributed by atoms with E-state index in [0.29, 0.717) is 22.8 Å². The number of hydrogen-bond acceptors (Lipinski definition) is 3. The molecular formula is C17H17ClN2O2. The molecule has 114 valence electrons. The van der Waals surface area contributed by atoms with Gasteiger partial charge in [0.15, 0.2) is 0 Å². The first-order valence-corrected chi connectivity index (χ1v) is 7.28. The minimum Gasteiger partial charge on any atom is -0.497 e. The standard InChI is InChI=1S/C17H17ClN2O2/c1-3-16(12-4-8-14(18)9-5-12)19-20-17(21)13-6-10-15(22-2)11-7-13/h4-11H,3H2,1-2H3,(H,20,21)/b19-16-. The highest BCUT2D eigenvalue weighted by Crippen LogP contribution is 2.13. The van der Waals surface area contributed by atoms with E-state index in [2.05, 4.69) is 10.5 Å². The van der Waals surface area contributed by atoms with Crippen LogP contribution < -0.4 is 10.2 Å². The Balaban J connectivity index is 2.10. The van der Waals surface area contributed by atoms with Crippen LogP contribution in [0, 0.1) is 0 Å². The first-order chi connectivity index (χ1) is 10.6. The van der Waals surface area contributed by atoms with Crippen LogP contribution in [0.2, 0.25) is 5.02 Å². The minimum atomic E-state index is -0.262. The second-order valence-electron chi connectivity index (χ2n) is 4.59. The largest absolute Gasteiger partial charge is 0.497 e. The predicted molar refractivity (Wildman–Crippen MR) is 88.7 cm³/mol. The van der Waals surface area contributed by atoms with Crippen LogP contribution in [0.4, 0.5) is 0 Å². The Hall–Kier alpha value is -2.33. The second kappa shape index (κ2) is 7.61. The highest BCUT2D eigenvalue weighted by Gasteiger charge is 2.06. The molecule has 0 fully saturated rings. The SMILES string of the molecule is CC/C(=N/NC(=O)c1ccc(OC)cc1)c1ccc(Cl)cc1. The molecule has 0 atom stereocenters. The lowest BCUT2D eigenvalue weighted by Gasteiger charge is -2.06. The van der Waals surface area contributed by atoms with Crippen LogP contribution in [0.3, 0.4) is 0 Å². The van der Waals surface area contributed by atoms with E-state index in [4.69, 9.17) is 16.3 Å². The Kier molecular flexibility index (Phi) is 5.55. The smallest absolute Gasteiger partial charge is 0.271 e. The Morgan fingerprint density at radius 1 is 1.09 bits per heavy atom. The van der Waals surface area contributed by atoms with Crippen molar-refractivity contribution in [3.05, 3.63) is 64.7 Å². The van der Waals surface area contributed by atoms with Gasteiger partial charge in [0, 0.05) is 10.6 Å². The van der Waals surface area contributed by atoms with E-state index in [0.717, 1.165) is 11.3 Å². The van der Waals surface area contributed by atoms with Crippen LogP contribution in [0.25, 0.3) is 0 Å². The average Bonchev–Trinajstić information content (AvgIpc) is 2.56. The van der Waals surface area contributed by atoms with E-state index in [1.807, 2.05) is 19.1 Å². The molecular weight excluding hydrogens is 300 g/mol. The quantitative estimate of drug-likeness (QED) is 0.672. The fraction of sp³-hybridized carbons (Fsp3) is 0.176. The zero-order valence-electron chi connectivity index (χ0n) is 12.5. The molecule has 0 aromatic heterocycles. The Morgan fingerprint density at radius 3 is 2.23 bits per heavy atom.